The second-order valence-corrected chi connectivity index (χ2v) is 7.53. The number of aromatic nitrogens is 2. The average Bonchev–Trinajstić information content (AvgIpc) is 3.27. The van der Waals surface area contributed by atoms with E-state index in [9.17, 15) is 9.90 Å². The van der Waals surface area contributed by atoms with Crippen LogP contribution >= 0.6 is 11.3 Å². The van der Waals surface area contributed by atoms with Gasteiger partial charge in [0.2, 0.25) is 0 Å². The summed E-state index contributed by atoms with van der Waals surface area (Å²) in [6.45, 7) is 1.48. The van der Waals surface area contributed by atoms with Crippen LogP contribution < -0.4 is 0 Å². The van der Waals surface area contributed by atoms with Gasteiger partial charge < -0.3 is 5.11 Å². The van der Waals surface area contributed by atoms with Crippen molar-refractivity contribution in [2.45, 2.75) is 50.7 Å². The minimum Gasteiger partial charge on any atom is -0.481 e. The molecule has 1 aromatic heterocycles. The zero-order valence-corrected chi connectivity index (χ0v) is 13.6. The van der Waals surface area contributed by atoms with Crippen molar-refractivity contribution in [1.82, 2.24) is 15.1 Å². The number of rotatable bonds is 5. The Morgan fingerprint density at radius 2 is 2.04 bits per heavy atom. The average molecular weight is 329 g/mol. The van der Waals surface area contributed by atoms with E-state index in [1.165, 1.54) is 24.0 Å². The molecule has 1 aliphatic carbocycles. The van der Waals surface area contributed by atoms with E-state index in [2.05, 4.69) is 27.2 Å². The summed E-state index contributed by atoms with van der Waals surface area (Å²) >= 11 is 1.69. The van der Waals surface area contributed by atoms with Crippen molar-refractivity contribution in [3.63, 3.8) is 0 Å². The van der Waals surface area contributed by atoms with E-state index < -0.39 is 5.97 Å². The quantitative estimate of drug-likeness (QED) is 0.914. The highest BCUT2D eigenvalue weighted by Gasteiger charge is 2.30. The van der Waals surface area contributed by atoms with Gasteiger partial charge >= 0.3 is 5.97 Å². The number of carboxylic acid groups (broad SMARTS) is 1. The van der Waals surface area contributed by atoms with Crippen LogP contribution in [0.1, 0.15) is 46.3 Å². The van der Waals surface area contributed by atoms with Gasteiger partial charge in [-0.1, -0.05) is 35.6 Å². The lowest BCUT2D eigenvalue weighted by molar-refractivity contribution is -0.138. The van der Waals surface area contributed by atoms with E-state index in [0.29, 0.717) is 12.5 Å². The van der Waals surface area contributed by atoms with Crippen molar-refractivity contribution in [1.29, 1.82) is 0 Å². The molecule has 1 atom stereocenters. The number of fused-ring (bicyclic) bond motifs is 1. The Morgan fingerprint density at radius 3 is 2.78 bits per heavy atom. The zero-order valence-electron chi connectivity index (χ0n) is 12.8. The third kappa shape index (κ3) is 3.28. The third-order valence-electron chi connectivity index (χ3n) is 4.62. The van der Waals surface area contributed by atoms with Crippen molar-refractivity contribution in [2.24, 2.45) is 0 Å². The van der Waals surface area contributed by atoms with Gasteiger partial charge in [0.15, 0.2) is 0 Å². The molecule has 2 heterocycles. The largest absolute Gasteiger partial charge is 0.481 e. The van der Waals surface area contributed by atoms with Crippen LogP contribution in [0.5, 0.6) is 0 Å². The van der Waals surface area contributed by atoms with Crippen molar-refractivity contribution >= 4 is 17.3 Å². The molecule has 0 amide bonds. The highest BCUT2D eigenvalue weighted by Crippen LogP contribution is 2.41. The van der Waals surface area contributed by atoms with Gasteiger partial charge in [-0.05, 0) is 30.4 Å². The molecule has 1 saturated carbocycles. The van der Waals surface area contributed by atoms with Crippen molar-refractivity contribution in [3.05, 3.63) is 45.4 Å². The number of carboxylic acids is 1. The predicted molar refractivity (Wildman–Crippen MR) is 87.3 cm³/mol. The van der Waals surface area contributed by atoms with Gasteiger partial charge in [0.05, 0.1) is 13.0 Å². The van der Waals surface area contributed by atoms with E-state index >= 15 is 0 Å². The number of nitrogens with zero attached hydrogens (tertiary/aromatic N) is 3. The Labute approximate surface area is 139 Å². The van der Waals surface area contributed by atoms with Crippen molar-refractivity contribution < 1.29 is 9.90 Å². The maximum atomic E-state index is 11.2. The van der Waals surface area contributed by atoms with Crippen molar-refractivity contribution in [3.8, 4) is 0 Å². The lowest BCUT2D eigenvalue weighted by Crippen LogP contribution is -2.41. The summed E-state index contributed by atoms with van der Waals surface area (Å²) in [6.07, 6.45) is 3.42. The van der Waals surface area contributed by atoms with Crippen LogP contribution in [-0.4, -0.2) is 32.2 Å². The van der Waals surface area contributed by atoms with Gasteiger partial charge in [-0.15, -0.1) is 10.2 Å². The second-order valence-electron chi connectivity index (χ2n) is 6.44. The molecule has 4 rings (SSSR count). The first-order chi connectivity index (χ1) is 11.2. The summed E-state index contributed by atoms with van der Waals surface area (Å²) in [5.41, 5.74) is 2.56. The molecule has 0 spiro atoms. The first kappa shape index (κ1) is 14.8. The van der Waals surface area contributed by atoms with E-state index in [1.54, 1.807) is 11.3 Å². The molecule has 120 valence electrons. The van der Waals surface area contributed by atoms with E-state index in [-0.39, 0.29) is 12.5 Å². The summed E-state index contributed by atoms with van der Waals surface area (Å²) in [4.78, 5) is 13.5. The van der Waals surface area contributed by atoms with Crippen LogP contribution in [0.25, 0.3) is 0 Å². The van der Waals surface area contributed by atoms with Gasteiger partial charge in [-0.2, -0.15) is 0 Å². The topological polar surface area (TPSA) is 66.3 Å². The highest BCUT2D eigenvalue weighted by atomic mass is 32.1. The smallest absolute Gasteiger partial charge is 0.304 e. The van der Waals surface area contributed by atoms with Gasteiger partial charge in [0.1, 0.15) is 10.0 Å². The number of carbonyl (C=O) groups is 1. The minimum absolute atomic E-state index is 0.0238. The maximum absolute atomic E-state index is 11.2. The Balaban J connectivity index is 1.54. The molecule has 1 aliphatic heterocycles. The summed E-state index contributed by atoms with van der Waals surface area (Å²) in [5, 5.41) is 20.0. The van der Waals surface area contributed by atoms with Crippen LogP contribution in [0.3, 0.4) is 0 Å². The van der Waals surface area contributed by atoms with Gasteiger partial charge in [-0.25, -0.2) is 0 Å². The summed E-state index contributed by atoms with van der Waals surface area (Å²) in [7, 11) is 0. The normalized spacial score (nSPS) is 21.1. The Bertz CT molecular complexity index is 726. The predicted octanol–water partition coefficient (Wildman–Crippen LogP) is 2.82. The fourth-order valence-electron chi connectivity index (χ4n) is 3.23. The Morgan fingerprint density at radius 1 is 1.26 bits per heavy atom. The van der Waals surface area contributed by atoms with Crippen molar-refractivity contribution in [2.75, 3.05) is 0 Å². The van der Waals surface area contributed by atoms with Gasteiger partial charge in [0, 0.05) is 18.5 Å². The lowest BCUT2D eigenvalue weighted by atomic mass is 9.92. The number of aliphatic carboxylic acids is 1. The first-order valence-electron chi connectivity index (χ1n) is 8.04. The lowest BCUT2D eigenvalue weighted by Gasteiger charge is -2.35. The molecule has 23 heavy (non-hydrogen) atoms. The van der Waals surface area contributed by atoms with Crippen LogP contribution in [0.4, 0.5) is 0 Å². The van der Waals surface area contributed by atoms with Crippen LogP contribution in [-0.2, 0) is 24.3 Å². The first-order valence-corrected chi connectivity index (χ1v) is 8.85. The summed E-state index contributed by atoms with van der Waals surface area (Å²) in [5.74, 6) is -0.117. The van der Waals surface area contributed by atoms with Crippen LogP contribution in [0, 0.1) is 0 Å². The molecule has 2 aromatic rings. The summed E-state index contributed by atoms with van der Waals surface area (Å²) < 4.78 is 0. The molecule has 5 nitrogen and oxygen atoms in total. The fourth-order valence-corrected chi connectivity index (χ4v) is 4.27. The van der Waals surface area contributed by atoms with E-state index in [1.807, 2.05) is 12.1 Å². The fraction of sp³-hybridized carbons (Fsp3) is 0.471. The molecule has 1 fully saturated rings. The van der Waals surface area contributed by atoms with Crippen LogP contribution in [0.15, 0.2) is 24.3 Å². The third-order valence-corrected chi connectivity index (χ3v) is 5.69. The van der Waals surface area contributed by atoms with Crippen LogP contribution in [0.2, 0.25) is 0 Å². The molecular weight excluding hydrogens is 310 g/mol. The Kier molecular flexibility index (Phi) is 3.87. The molecule has 1 aromatic carbocycles. The monoisotopic (exact) mass is 329 g/mol. The standard InChI is InChI=1S/C17H19N3O2S/c21-16(22)8-14-7-12-3-1-2-4-13(12)9-20(14)10-15-18-19-17(23-15)11-5-6-11/h1-4,11,14H,5-10H2,(H,21,22)/t14-/m0/s1. The molecule has 1 N–H and O–H groups in total. The molecule has 0 radical (unpaired) electrons. The molecule has 0 saturated heterocycles. The zero-order chi connectivity index (χ0) is 15.8. The molecule has 0 unspecified atom stereocenters. The number of hydrogen-bond donors (Lipinski definition) is 1. The second kappa shape index (κ2) is 6.02. The van der Waals surface area contributed by atoms with E-state index in [4.69, 9.17) is 0 Å². The maximum Gasteiger partial charge on any atom is 0.304 e. The molecular formula is C17H19N3O2S. The van der Waals surface area contributed by atoms with Gasteiger partial charge in [-0.3, -0.25) is 9.69 Å². The molecule has 0 bridgehead atoms. The van der Waals surface area contributed by atoms with E-state index in [0.717, 1.165) is 23.0 Å². The minimum atomic E-state index is -0.740. The SMILES string of the molecule is O=C(O)C[C@@H]1Cc2ccccc2CN1Cc1nnc(C2CC2)s1. The number of benzene rings is 1. The Hall–Kier alpha value is -1.79. The summed E-state index contributed by atoms with van der Waals surface area (Å²) in [6, 6.07) is 8.34. The molecule has 2 aliphatic rings. The van der Waals surface area contributed by atoms with Gasteiger partial charge in [0.25, 0.3) is 0 Å². The highest BCUT2D eigenvalue weighted by molar-refractivity contribution is 7.11. The number of hydrogen-bond acceptors (Lipinski definition) is 5. The molecule has 6 heteroatoms.